The van der Waals surface area contributed by atoms with E-state index in [0.29, 0.717) is 5.82 Å². The number of aromatic nitrogens is 4. The Hall–Kier alpha value is -1.95. The van der Waals surface area contributed by atoms with E-state index < -0.39 is 0 Å². The molecule has 17 heavy (non-hydrogen) atoms. The van der Waals surface area contributed by atoms with Gasteiger partial charge in [0.25, 0.3) is 0 Å². The van der Waals surface area contributed by atoms with Crippen LogP contribution in [0.1, 0.15) is 6.92 Å². The molecule has 0 saturated carbocycles. The van der Waals surface area contributed by atoms with Gasteiger partial charge in [-0.15, -0.1) is 11.3 Å². The molecule has 5 nitrogen and oxygen atoms in total. The third-order valence-corrected chi connectivity index (χ3v) is 3.01. The third-order valence-electron chi connectivity index (χ3n) is 2.42. The molecule has 0 unspecified atom stereocenters. The first kappa shape index (κ1) is 10.2. The summed E-state index contributed by atoms with van der Waals surface area (Å²) in [5.41, 5.74) is 3.43. The van der Waals surface area contributed by atoms with Gasteiger partial charge in [-0.05, 0) is 13.0 Å². The van der Waals surface area contributed by atoms with E-state index in [0.717, 1.165) is 29.1 Å². The van der Waals surface area contributed by atoms with Crippen LogP contribution < -0.4 is 5.32 Å². The third kappa shape index (κ3) is 1.76. The van der Waals surface area contributed by atoms with Crippen molar-refractivity contribution in [3.63, 3.8) is 0 Å². The van der Waals surface area contributed by atoms with Gasteiger partial charge in [-0.1, -0.05) is 0 Å². The molecule has 0 aliphatic rings. The molecule has 0 saturated heterocycles. The highest BCUT2D eigenvalue weighted by Crippen LogP contribution is 2.23. The van der Waals surface area contributed by atoms with E-state index in [2.05, 4.69) is 25.3 Å². The van der Waals surface area contributed by atoms with Crippen LogP contribution in [0.2, 0.25) is 0 Å². The predicted molar refractivity (Wildman–Crippen MR) is 69.2 cm³/mol. The van der Waals surface area contributed by atoms with Gasteiger partial charge in [0, 0.05) is 18.1 Å². The normalized spacial score (nSPS) is 10.9. The van der Waals surface area contributed by atoms with E-state index >= 15 is 0 Å². The maximum atomic E-state index is 4.51. The highest BCUT2D eigenvalue weighted by Gasteiger charge is 2.10. The molecule has 3 rings (SSSR count). The second kappa shape index (κ2) is 4.14. The van der Waals surface area contributed by atoms with Crippen molar-refractivity contribution in [2.45, 2.75) is 6.92 Å². The smallest absolute Gasteiger partial charge is 0.183 e. The molecule has 0 fully saturated rings. The summed E-state index contributed by atoms with van der Waals surface area (Å²) >= 11 is 1.54. The Bertz CT molecular complexity index is 628. The minimum absolute atomic E-state index is 0.650. The zero-order valence-electron chi connectivity index (χ0n) is 9.27. The van der Waals surface area contributed by atoms with E-state index in [-0.39, 0.29) is 0 Å². The molecule has 6 heteroatoms. The van der Waals surface area contributed by atoms with Crippen LogP contribution in [-0.2, 0) is 0 Å². The standard InChI is InChI=1S/C11H11N5S/c1-2-12-9-7-3-4-13-10(7)16-11(15-9)8-5-17-6-14-8/h3-6H,2H2,1H3,(H2,12,13,15,16). The van der Waals surface area contributed by atoms with E-state index in [9.17, 15) is 0 Å². The second-order valence-corrected chi connectivity index (χ2v) is 4.26. The maximum Gasteiger partial charge on any atom is 0.183 e. The van der Waals surface area contributed by atoms with Crippen LogP contribution >= 0.6 is 11.3 Å². The van der Waals surface area contributed by atoms with Crippen LogP contribution in [0.25, 0.3) is 22.6 Å². The molecule has 0 amide bonds. The van der Waals surface area contributed by atoms with Crippen molar-refractivity contribution in [3.8, 4) is 11.5 Å². The first-order valence-corrected chi connectivity index (χ1v) is 6.30. The Morgan fingerprint density at radius 2 is 2.35 bits per heavy atom. The van der Waals surface area contributed by atoms with Gasteiger partial charge in [0.05, 0.1) is 10.9 Å². The summed E-state index contributed by atoms with van der Waals surface area (Å²) in [7, 11) is 0. The number of aromatic amines is 1. The number of thiazole rings is 1. The summed E-state index contributed by atoms with van der Waals surface area (Å²) in [5.74, 6) is 1.50. The Labute approximate surface area is 102 Å². The lowest BCUT2D eigenvalue weighted by Gasteiger charge is -2.05. The highest BCUT2D eigenvalue weighted by molar-refractivity contribution is 7.07. The molecule has 0 radical (unpaired) electrons. The monoisotopic (exact) mass is 245 g/mol. The predicted octanol–water partition coefficient (Wildman–Crippen LogP) is 2.51. The van der Waals surface area contributed by atoms with Crippen molar-refractivity contribution in [1.29, 1.82) is 0 Å². The molecular formula is C11H11N5S. The summed E-state index contributed by atoms with van der Waals surface area (Å²) in [5, 5.41) is 6.19. The largest absolute Gasteiger partial charge is 0.370 e. The van der Waals surface area contributed by atoms with Gasteiger partial charge in [0.1, 0.15) is 17.2 Å². The number of nitrogens with one attached hydrogen (secondary N) is 2. The topological polar surface area (TPSA) is 66.5 Å². The number of fused-ring (bicyclic) bond motifs is 1. The lowest BCUT2D eigenvalue weighted by atomic mass is 10.3. The van der Waals surface area contributed by atoms with Gasteiger partial charge in [0.15, 0.2) is 5.82 Å². The summed E-state index contributed by atoms with van der Waals surface area (Å²) in [6, 6.07) is 1.97. The Balaban J connectivity index is 2.20. The molecule has 86 valence electrons. The summed E-state index contributed by atoms with van der Waals surface area (Å²) in [4.78, 5) is 16.3. The van der Waals surface area contributed by atoms with Gasteiger partial charge in [-0.2, -0.15) is 0 Å². The van der Waals surface area contributed by atoms with Crippen LogP contribution in [0.5, 0.6) is 0 Å². The first-order chi connectivity index (χ1) is 8.38. The average molecular weight is 245 g/mol. The molecule has 3 aromatic heterocycles. The first-order valence-electron chi connectivity index (χ1n) is 5.36. The molecule has 0 aliphatic heterocycles. The molecular weight excluding hydrogens is 234 g/mol. The molecule has 0 atom stereocenters. The lowest BCUT2D eigenvalue weighted by molar-refractivity contribution is 1.13. The molecule has 0 bridgehead atoms. The van der Waals surface area contributed by atoms with Gasteiger partial charge in [-0.3, -0.25) is 0 Å². The van der Waals surface area contributed by atoms with Crippen molar-refractivity contribution >= 4 is 28.2 Å². The molecule has 3 aromatic rings. The number of hydrogen-bond acceptors (Lipinski definition) is 5. The van der Waals surface area contributed by atoms with E-state index in [4.69, 9.17) is 0 Å². The minimum Gasteiger partial charge on any atom is -0.370 e. The summed E-state index contributed by atoms with van der Waals surface area (Å²) in [6.45, 7) is 2.87. The number of hydrogen-bond donors (Lipinski definition) is 2. The maximum absolute atomic E-state index is 4.51. The number of rotatable bonds is 3. The van der Waals surface area contributed by atoms with Crippen molar-refractivity contribution < 1.29 is 0 Å². The minimum atomic E-state index is 0.650. The van der Waals surface area contributed by atoms with Gasteiger partial charge in [0.2, 0.25) is 0 Å². The van der Waals surface area contributed by atoms with E-state index in [1.54, 1.807) is 5.51 Å². The lowest BCUT2D eigenvalue weighted by Crippen LogP contribution is -2.02. The van der Waals surface area contributed by atoms with Gasteiger partial charge >= 0.3 is 0 Å². The van der Waals surface area contributed by atoms with Crippen LogP contribution in [-0.4, -0.2) is 26.5 Å². The van der Waals surface area contributed by atoms with E-state index in [1.807, 2.05) is 24.6 Å². The Kier molecular flexibility index (Phi) is 2.49. The molecule has 0 aromatic carbocycles. The molecule has 0 aliphatic carbocycles. The van der Waals surface area contributed by atoms with Crippen LogP contribution in [0.15, 0.2) is 23.2 Å². The molecule has 0 spiro atoms. The second-order valence-electron chi connectivity index (χ2n) is 3.54. The number of H-pyrrole nitrogens is 1. The zero-order chi connectivity index (χ0) is 11.7. The quantitative estimate of drug-likeness (QED) is 0.744. The fraction of sp³-hybridized carbons (Fsp3) is 0.182. The zero-order valence-corrected chi connectivity index (χ0v) is 10.1. The van der Waals surface area contributed by atoms with Crippen molar-refractivity contribution in [2.24, 2.45) is 0 Å². The molecule has 2 N–H and O–H groups in total. The molecule has 3 heterocycles. The Morgan fingerprint density at radius 1 is 1.41 bits per heavy atom. The fourth-order valence-electron chi connectivity index (χ4n) is 1.68. The number of nitrogens with zero attached hydrogens (tertiary/aromatic N) is 3. The summed E-state index contributed by atoms with van der Waals surface area (Å²) in [6.07, 6.45) is 1.87. The van der Waals surface area contributed by atoms with E-state index in [1.165, 1.54) is 11.3 Å². The average Bonchev–Trinajstić information content (AvgIpc) is 3.00. The SMILES string of the molecule is CCNc1nc(-c2cscn2)nc2[nH]ccc12. The van der Waals surface area contributed by atoms with Crippen molar-refractivity contribution in [1.82, 2.24) is 19.9 Å². The number of anilines is 1. The van der Waals surface area contributed by atoms with Crippen LogP contribution in [0, 0.1) is 0 Å². The van der Waals surface area contributed by atoms with Crippen molar-refractivity contribution in [3.05, 3.63) is 23.2 Å². The van der Waals surface area contributed by atoms with Crippen LogP contribution in [0.4, 0.5) is 5.82 Å². The fourth-order valence-corrected chi connectivity index (χ4v) is 2.21. The van der Waals surface area contributed by atoms with Gasteiger partial charge < -0.3 is 10.3 Å². The Morgan fingerprint density at radius 3 is 3.12 bits per heavy atom. The van der Waals surface area contributed by atoms with Crippen molar-refractivity contribution in [2.75, 3.05) is 11.9 Å². The van der Waals surface area contributed by atoms with Crippen LogP contribution in [0.3, 0.4) is 0 Å². The summed E-state index contributed by atoms with van der Waals surface area (Å²) < 4.78 is 0. The highest BCUT2D eigenvalue weighted by atomic mass is 32.1. The van der Waals surface area contributed by atoms with Gasteiger partial charge in [-0.25, -0.2) is 15.0 Å².